The monoisotopic (exact) mass is 206 g/mol. The molecule has 0 saturated carbocycles. The maximum Gasteiger partial charge on any atom is 0.127 e. The molecule has 2 rings (SSSR count). The van der Waals surface area contributed by atoms with Gasteiger partial charge in [0.1, 0.15) is 5.82 Å². The van der Waals surface area contributed by atoms with Crippen molar-refractivity contribution >= 4 is 0 Å². The van der Waals surface area contributed by atoms with Crippen molar-refractivity contribution in [1.29, 1.82) is 5.26 Å². The smallest absolute Gasteiger partial charge is 0.127 e. The van der Waals surface area contributed by atoms with Crippen molar-refractivity contribution in [3.05, 3.63) is 35.1 Å². The van der Waals surface area contributed by atoms with Crippen LogP contribution in [0.4, 0.5) is 4.39 Å². The maximum absolute atomic E-state index is 13.3. The number of halogens is 1. The van der Waals surface area contributed by atoms with Gasteiger partial charge in [0, 0.05) is 12.1 Å². The van der Waals surface area contributed by atoms with Crippen LogP contribution >= 0.6 is 0 Å². The first-order valence-electron chi connectivity index (χ1n) is 4.79. The number of rotatable bonds is 3. The highest BCUT2D eigenvalue weighted by molar-refractivity contribution is 5.33. The lowest BCUT2D eigenvalue weighted by Gasteiger charge is -2.27. The van der Waals surface area contributed by atoms with Gasteiger partial charge >= 0.3 is 0 Å². The molecule has 0 amide bonds. The lowest BCUT2D eigenvalue weighted by atomic mass is 10.1. The van der Waals surface area contributed by atoms with Gasteiger partial charge in [-0.1, -0.05) is 0 Å². The van der Waals surface area contributed by atoms with Crippen LogP contribution in [0.15, 0.2) is 18.2 Å². The Morgan fingerprint density at radius 3 is 2.93 bits per heavy atom. The molecule has 0 spiro atoms. The highest BCUT2D eigenvalue weighted by Gasteiger charge is 2.17. The molecule has 0 aromatic heterocycles. The van der Waals surface area contributed by atoms with Crippen LogP contribution in [-0.2, 0) is 11.3 Å². The number of nitrogens with zero attached hydrogens (tertiary/aromatic N) is 1. The summed E-state index contributed by atoms with van der Waals surface area (Å²) in [6, 6.07) is 6.68. The second-order valence-corrected chi connectivity index (χ2v) is 3.53. The van der Waals surface area contributed by atoms with Crippen molar-refractivity contribution < 1.29 is 9.13 Å². The van der Waals surface area contributed by atoms with Gasteiger partial charge in [0.25, 0.3) is 0 Å². The summed E-state index contributed by atoms with van der Waals surface area (Å²) in [6.07, 6.45) is 0. The van der Waals surface area contributed by atoms with Crippen molar-refractivity contribution in [3.63, 3.8) is 0 Å². The topological polar surface area (TPSA) is 45.0 Å². The molecule has 3 nitrogen and oxygen atoms in total. The van der Waals surface area contributed by atoms with E-state index >= 15 is 0 Å². The van der Waals surface area contributed by atoms with Crippen LogP contribution in [0.3, 0.4) is 0 Å². The summed E-state index contributed by atoms with van der Waals surface area (Å²) in [7, 11) is 0. The van der Waals surface area contributed by atoms with Gasteiger partial charge in [-0.3, -0.25) is 0 Å². The average Bonchev–Trinajstić information content (AvgIpc) is 2.18. The Morgan fingerprint density at radius 2 is 2.33 bits per heavy atom. The van der Waals surface area contributed by atoms with Crippen LogP contribution in [-0.4, -0.2) is 19.3 Å². The summed E-state index contributed by atoms with van der Waals surface area (Å²) in [5.74, 6) is -0.276. The lowest BCUT2D eigenvalue weighted by Crippen LogP contribution is -2.45. The minimum Gasteiger partial charge on any atom is -0.378 e. The first-order valence-corrected chi connectivity index (χ1v) is 4.79. The molecule has 1 fully saturated rings. The fourth-order valence-corrected chi connectivity index (χ4v) is 1.39. The van der Waals surface area contributed by atoms with Gasteiger partial charge in [0.2, 0.25) is 0 Å². The van der Waals surface area contributed by atoms with Gasteiger partial charge < -0.3 is 10.1 Å². The number of nitrogens with one attached hydrogen (secondary N) is 1. The molecule has 1 aromatic carbocycles. The van der Waals surface area contributed by atoms with E-state index in [1.54, 1.807) is 6.07 Å². The van der Waals surface area contributed by atoms with Crippen LogP contribution < -0.4 is 5.32 Å². The molecular weight excluding hydrogens is 195 g/mol. The van der Waals surface area contributed by atoms with Crippen LogP contribution in [0, 0.1) is 17.1 Å². The molecule has 0 aliphatic carbocycles. The van der Waals surface area contributed by atoms with Crippen LogP contribution in [0.5, 0.6) is 0 Å². The highest BCUT2D eigenvalue weighted by atomic mass is 19.1. The first kappa shape index (κ1) is 10.1. The molecule has 0 atom stereocenters. The van der Waals surface area contributed by atoms with Crippen LogP contribution in [0.2, 0.25) is 0 Å². The predicted octanol–water partition coefficient (Wildman–Crippen LogP) is 1.19. The van der Waals surface area contributed by atoms with Gasteiger partial charge in [-0.25, -0.2) is 4.39 Å². The molecular formula is C11H11FN2O. The first-order chi connectivity index (χ1) is 7.29. The SMILES string of the molecule is N#Cc1ccc(F)c(CNC2COC2)c1. The summed E-state index contributed by atoms with van der Waals surface area (Å²) in [6.45, 7) is 1.80. The quantitative estimate of drug-likeness (QED) is 0.807. The average molecular weight is 206 g/mol. The van der Waals surface area contributed by atoms with E-state index in [2.05, 4.69) is 5.32 Å². The number of nitriles is 1. The van der Waals surface area contributed by atoms with Crippen molar-refractivity contribution in [2.24, 2.45) is 0 Å². The molecule has 1 aromatic rings. The Labute approximate surface area is 87.5 Å². The Morgan fingerprint density at radius 1 is 1.53 bits per heavy atom. The zero-order valence-electron chi connectivity index (χ0n) is 8.16. The Kier molecular flexibility index (Phi) is 2.95. The zero-order valence-corrected chi connectivity index (χ0v) is 8.16. The molecule has 78 valence electrons. The summed E-state index contributed by atoms with van der Waals surface area (Å²) in [4.78, 5) is 0. The molecule has 0 unspecified atom stereocenters. The van der Waals surface area contributed by atoms with E-state index in [0.717, 1.165) is 0 Å². The number of benzene rings is 1. The van der Waals surface area contributed by atoms with Gasteiger partial charge in [-0.05, 0) is 18.2 Å². The standard InChI is InChI=1S/C11H11FN2O/c12-11-2-1-8(4-13)3-9(11)5-14-10-6-15-7-10/h1-3,10,14H,5-7H2. The fourth-order valence-electron chi connectivity index (χ4n) is 1.39. The van der Waals surface area contributed by atoms with E-state index in [4.69, 9.17) is 10.00 Å². The van der Waals surface area contributed by atoms with E-state index in [1.165, 1.54) is 12.1 Å². The summed E-state index contributed by atoms with van der Waals surface area (Å²) in [5.41, 5.74) is 1.01. The molecule has 1 saturated heterocycles. The molecule has 1 N–H and O–H groups in total. The summed E-state index contributed by atoms with van der Waals surface area (Å²) >= 11 is 0. The van der Waals surface area contributed by atoms with E-state index in [9.17, 15) is 4.39 Å². The Bertz CT molecular complexity index is 396. The third-order valence-electron chi connectivity index (χ3n) is 2.39. The third kappa shape index (κ3) is 2.32. The summed E-state index contributed by atoms with van der Waals surface area (Å²) < 4.78 is 18.3. The molecule has 1 heterocycles. The van der Waals surface area contributed by atoms with Gasteiger partial charge in [-0.15, -0.1) is 0 Å². The molecule has 1 aliphatic heterocycles. The zero-order chi connectivity index (χ0) is 10.7. The maximum atomic E-state index is 13.3. The minimum absolute atomic E-state index is 0.276. The second kappa shape index (κ2) is 4.39. The molecule has 0 bridgehead atoms. The molecule has 4 heteroatoms. The highest BCUT2D eigenvalue weighted by Crippen LogP contribution is 2.11. The second-order valence-electron chi connectivity index (χ2n) is 3.53. The molecule has 1 aliphatic rings. The molecule has 0 radical (unpaired) electrons. The Hall–Kier alpha value is -1.44. The summed E-state index contributed by atoms with van der Waals surface area (Å²) in [5, 5.41) is 11.8. The lowest BCUT2D eigenvalue weighted by molar-refractivity contribution is -0.00588. The fraction of sp³-hybridized carbons (Fsp3) is 0.364. The van der Waals surface area contributed by atoms with Gasteiger partial charge in [0.05, 0.1) is 30.9 Å². The van der Waals surface area contributed by atoms with Crippen LogP contribution in [0.1, 0.15) is 11.1 Å². The number of hydrogen-bond donors (Lipinski definition) is 1. The predicted molar refractivity (Wildman–Crippen MR) is 52.6 cm³/mol. The number of ether oxygens (including phenoxy) is 1. The van der Waals surface area contributed by atoms with E-state index in [-0.39, 0.29) is 5.82 Å². The van der Waals surface area contributed by atoms with Crippen molar-refractivity contribution in [3.8, 4) is 6.07 Å². The van der Waals surface area contributed by atoms with E-state index < -0.39 is 0 Å². The van der Waals surface area contributed by atoms with Crippen molar-refractivity contribution in [2.75, 3.05) is 13.2 Å². The van der Waals surface area contributed by atoms with Gasteiger partial charge in [0.15, 0.2) is 0 Å². The van der Waals surface area contributed by atoms with Crippen LogP contribution in [0.25, 0.3) is 0 Å². The minimum atomic E-state index is -0.276. The van der Waals surface area contributed by atoms with Crippen molar-refractivity contribution in [1.82, 2.24) is 5.32 Å². The van der Waals surface area contributed by atoms with E-state index in [1.807, 2.05) is 6.07 Å². The largest absolute Gasteiger partial charge is 0.378 e. The Balaban J connectivity index is 2.02. The third-order valence-corrected chi connectivity index (χ3v) is 2.39. The number of hydrogen-bond acceptors (Lipinski definition) is 3. The normalized spacial score (nSPS) is 15.7. The molecule has 15 heavy (non-hydrogen) atoms. The van der Waals surface area contributed by atoms with Crippen molar-refractivity contribution in [2.45, 2.75) is 12.6 Å². The van der Waals surface area contributed by atoms with Gasteiger partial charge in [-0.2, -0.15) is 5.26 Å². The van der Waals surface area contributed by atoms with E-state index in [0.29, 0.717) is 36.9 Å².